The van der Waals surface area contributed by atoms with Crippen LogP contribution in [0.4, 0.5) is 15.8 Å². The molecule has 2 heterocycles. The molecule has 1 saturated heterocycles. The summed E-state index contributed by atoms with van der Waals surface area (Å²) in [5, 5.41) is 2.82. The molecule has 0 spiro atoms. The third-order valence-electron chi connectivity index (χ3n) is 3.69. The quantitative estimate of drug-likeness (QED) is 0.819. The van der Waals surface area contributed by atoms with Gasteiger partial charge in [0.2, 0.25) is 5.91 Å². The van der Waals surface area contributed by atoms with E-state index in [2.05, 4.69) is 5.32 Å². The maximum absolute atomic E-state index is 13.2. The number of carbonyl (C=O) groups is 1. The lowest BCUT2D eigenvalue weighted by atomic mass is 9.97. The molecule has 0 aliphatic carbocycles. The largest absolute Gasteiger partial charge is 0.324 e. The normalized spacial score (nSPS) is 27.9. The molecular weight excluding hydrogens is 233 g/mol. The van der Waals surface area contributed by atoms with Gasteiger partial charge in [0, 0.05) is 18.8 Å². The van der Waals surface area contributed by atoms with Crippen LogP contribution < -0.4 is 11.1 Å². The van der Waals surface area contributed by atoms with E-state index in [-0.39, 0.29) is 11.9 Å². The van der Waals surface area contributed by atoms with Crippen LogP contribution in [0.25, 0.3) is 0 Å². The number of fused-ring (bicyclic) bond motifs is 1. The lowest BCUT2D eigenvalue weighted by Crippen LogP contribution is -2.47. The van der Waals surface area contributed by atoms with Crippen LogP contribution in [0.5, 0.6) is 0 Å². The van der Waals surface area contributed by atoms with E-state index in [0.29, 0.717) is 31.6 Å². The fourth-order valence-corrected chi connectivity index (χ4v) is 2.71. The SMILES string of the molecule is [NH]c1ccc2c(c1)NC(=O)C(N1CC[C@H](F)C1)C2. The molecule has 2 atom stereocenters. The number of nitrogens with one attached hydrogen (secondary N) is 2. The van der Waals surface area contributed by atoms with E-state index in [1.165, 1.54) is 0 Å². The number of rotatable bonds is 1. The summed E-state index contributed by atoms with van der Waals surface area (Å²) < 4.78 is 13.2. The van der Waals surface area contributed by atoms with Gasteiger partial charge in [-0.15, -0.1) is 0 Å². The minimum Gasteiger partial charge on any atom is -0.324 e. The molecule has 1 unspecified atom stereocenters. The number of alkyl halides is 1. The van der Waals surface area contributed by atoms with Gasteiger partial charge in [-0.05, 0) is 30.5 Å². The molecule has 2 N–H and O–H groups in total. The van der Waals surface area contributed by atoms with Crippen molar-refractivity contribution in [1.82, 2.24) is 10.6 Å². The summed E-state index contributed by atoms with van der Waals surface area (Å²) in [6.07, 6.45) is 0.311. The van der Waals surface area contributed by atoms with Crippen LogP contribution in [0.1, 0.15) is 12.0 Å². The lowest BCUT2D eigenvalue weighted by Gasteiger charge is -2.31. The minimum absolute atomic E-state index is 0.0813. The van der Waals surface area contributed by atoms with Crippen molar-refractivity contribution in [2.24, 2.45) is 0 Å². The van der Waals surface area contributed by atoms with Crippen molar-refractivity contribution in [1.29, 1.82) is 0 Å². The highest BCUT2D eigenvalue weighted by Gasteiger charge is 2.35. The van der Waals surface area contributed by atoms with Gasteiger partial charge in [-0.2, -0.15) is 0 Å². The van der Waals surface area contributed by atoms with E-state index in [1.54, 1.807) is 12.1 Å². The zero-order valence-corrected chi connectivity index (χ0v) is 9.95. The smallest absolute Gasteiger partial charge is 0.242 e. The number of hydrogen-bond acceptors (Lipinski definition) is 2. The third kappa shape index (κ3) is 1.95. The molecule has 3 rings (SSSR count). The summed E-state index contributed by atoms with van der Waals surface area (Å²) in [7, 11) is 0. The molecule has 4 nitrogen and oxygen atoms in total. The Labute approximate surface area is 105 Å². The summed E-state index contributed by atoms with van der Waals surface area (Å²) in [6, 6.07) is 4.98. The maximum Gasteiger partial charge on any atom is 0.242 e. The van der Waals surface area contributed by atoms with Crippen molar-refractivity contribution >= 4 is 17.3 Å². The Morgan fingerprint density at radius 2 is 2.28 bits per heavy atom. The van der Waals surface area contributed by atoms with E-state index in [9.17, 15) is 9.18 Å². The number of likely N-dealkylation sites (tertiary alicyclic amines) is 1. The minimum atomic E-state index is -0.810. The van der Waals surface area contributed by atoms with Gasteiger partial charge < -0.3 is 11.1 Å². The number of amides is 1. The summed E-state index contributed by atoms with van der Waals surface area (Å²) in [5.41, 5.74) is 9.67. The van der Waals surface area contributed by atoms with E-state index < -0.39 is 6.17 Å². The number of anilines is 1. The molecule has 1 aromatic carbocycles. The van der Waals surface area contributed by atoms with Crippen molar-refractivity contribution in [3.8, 4) is 0 Å². The third-order valence-corrected chi connectivity index (χ3v) is 3.69. The molecule has 0 saturated carbocycles. The topological polar surface area (TPSA) is 56.1 Å². The van der Waals surface area contributed by atoms with Crippen molar-refractivity contribution in [3.63, 3.8) is 0 Å². The zero-order valence-electron chi connectivity index (χ0n) is 9.95. The summed E-state index contributed by atoms with van der Waals surface area (Å²) in [5.74, 6) is -0.0813. The molecule has 1 amide bonds. The predicted molar refractivity (Wildman–Crippen MR) is 66.4 cm³/mol. The molecule has 0 bridgehead atoms. The standard InChI is InChI=1S/C13H15FN3O/c14-9-3-4-17(7-9)12-5-8-1-2-10(15)6-11(8)16-13(12)18/h1-2,6,9,12,15H,3-5,7H2,(H,16,18)/t9-,12?/m0/s1. The van der Waals surface area contributed by atoms with Gasteiger partial charge in [0.05, 0.1) is 11.7 Å². The highest BCUT2D eigenvalue weighted by atomic mass is 19.1. The fourth-order valence-electron chi connectivity index (χ4n) is 2.71. The first-order valence-corrected chi connectivity index (χ1v) is 6.17. The van der Waals surface area contributed by atoms with Gasteiger partial charge >= 0.3 is 0 Å². The number of benzene rings is 1. The van der Waals surface area contributed by atoms with E-state index in [0.717, 1.165) is 11.3 Å². The molecule has 95 valence electrons. The average Bonchev–Trinajstić information content (AvgIpc) is 2.74. The zero-order chi connectivity index (χ0) is 12.7. The summed E-state index contributed by atoms with van der Waals surface area (Å²) in [4.78, 5) is 13.9. The predicted octanol–water partition coefficient (Wildman–Crippen LogP) is 1.51. The van der Waals surface area contributed by atoms with Crippen LogP contribution >= 0.6 is 0 Å². The molecule has 1 fully saturated rings. The molecule has 2 aliphatic heterocycles. The number of carbonyl (C=O) groups excluding carboxylic acids is 1. The number of nitrogens with zero attached hydrogens (tertiary/aromatic N) is 1. The van der Waals surface area contributed by atoms with Crippen LogP contribution in [0.15, 0.2) is 18.2 Å². The Kier molecular flexibility index (Phi) is 2.70. The molecule has 5 heteroatoms. The van der Waals surface area contributed by atoms with E-state index >= 15 is 0 Å². The lowest BCUT2D eigenvalue weighted by molar-refractivity contribution is -0.121. The monoisotopic (exact) mass is 248 g/mol. The second-order valence-corrected chi connectivity index (χ2v) is 4.96. The van der Waals surface area contributed by atoms with Gasteiger partial charge in [0.15, 0.2) is 0 Å². The van der Waals surface area contributed by atoms with Crippen LogP contribution in [0.2, 0.25) is 0 Å². The van der Waals surface area contributed by atoms with Gasteiger partial charge in [-0.3, -0.25) is 9.69 Å². The summed E-state index contributed by atoms with van der Waals surface area (Å²) >= 11 is 0. The van der Waals surface area contributed by atoms with Crippen molar-refractivity contribution < 1.29 is 9.18 Å². The Bertz CT molecular complexity index is 491. The van der Waals surface area contributed by atoms with E-state index in [4.69, 9.17) is 5.73 Å². The fraction of sp³-hybridized carbons (Fsp3) is 0.462. The molecule has 1 aromatic rings. The Morgan fingerprint density at radius 1 is 1.44 bits per heavy atom. The van der Waals surface area contributed by atoms with Crippen molar-refractivity contribution in [2.75, 3.05) is 18.4 Å². The van der Waals surface area contributed by atoms with Gasteiger partial charge in [-0.1, -0.05) is 6.07 Å². The Morgan fingerprint density at radius 3 is 3.00 bits per heavy atom. The molecular formula is C13H15FN3O. The highest BCUT2D eigenvalue weighted by Crippen LogP contribution is 2.28. The van der Waals surface area contributed by atoms with Crippen LogP contribution in [0.3, 0.4) is 0 Å². The van der Waals surface area contributed by atoms with Gasteiger partial charge in [-0.25, -0.2) is 4.39 Å². The first-order valence-electron chi connectivity index (χ1n) is 6.17. The van der Waals surface area contributed by atoms with Crippen LogP contribution in [-0.4, -0.2) is 36.1 Å². The number of halogens is 1. The first-order chi connectivity index (χ1) is 8.63. The number of hydrogen-bond donors (Lipinski definition) is 1. The van der Waals surface area contributed by atoms with Crippen molar-refractivity contribution in [2.45, 2.75) is 25.1 Å². The Hall–Kier alpha value is -1.62. The first kappa shape index (κ1) is 11.5. The molecule has 1 radical (unpaired) electrons. The van der Waals surface area contributed by atoms with Gasteiger partial charge in [0.1, 0.15) is 6.17 Å². The van der Waals surface area contributed by atoms with Gasteiger partial charge in [0.25, 0.3) is 0 Å². The molecule has 18 heavy (non-hydrogen) atoms. The van der Waals surface area contributed by atoms with Crippen molar-refractivity contribution in [3.05, 3.63) is 23.8 Å². The highest BCUT2D eigenvalue weighted by molar-refractivity contribution is 5.98. The molecule has 2 aliphatic rings. The average molecular weight is 248 g/mol. The molecule has 0 aromatic heterocycles. The second kappa shape index (κ2) is 4.24. The maximum atomic E-state index is 13.2. The Balaban J connectivity index is 1.83. The summed E-state index contributed by atoms with van der Waals surface area (Å²) in [6.45, 7) is 0.995. The second-order valence-electron chi connectivity index (χ2n) is 4.96. The van der Waals surface area contributed by atoms with E-state index in [1.807, 2.05) is 11.0 Å². The van der Waals surface area contributed by atoms with Crippen LogP contribution in [-0.2, 0) is 11.2 Å². The van der Waals surface area contributed by atoms with Crippen LogP contribution in [0, 0.1) is 0 Å².